The van der Waals surface area contributed by atoms with Gasteiger partial charge in [-0.3, -0.25) is 0 Å². The number of nitriles is 1. The molecule has 0 unspecified atom stereocenters. The molecular weight excluding hydrogens is 267 g/mol. The fourth-order valence-corrected chi connectivity index (χ4v) is 2.23. The predicted molar refractivity (Wildman–Crippen MR) is 79.6 cm³/mol. The van der Waals surface area contributed by atoms with Gasteiger partial charge in [-0.25, -0.2) is 4.39 Å². The van der Waals surface area contributed by atoms with Crippen LogP contribution in [0.4, 0.5) is 4.39 Å². The Labute approximate surface area is 120 Å². The number of fused-ring (bicyclic) bond motifs is 1. The van der Waals surface area contributed by atoms with Gasteiger partial charge in [-0.1, -0.05) is 18.7 Å². The van der Waals surface area contributed by atoms with E-state index in [0.29, 0.717) is 22.4 Å². The molecule has 1 heterocycles. The number of ether oxygens (including phenoxy) is 1. The van der Waals surface area contributed by atoms with Crippen LogP contribution >= 0.6 is 0 Å². The number of hydrogen-bond donors (Lipinski definition) is 1. The van der Waals surface area contributed by atoms with Crippen molar-refractivity contribution in [3.63, 3.8) is 0 Å². The van der Waals surface area contributed by atoms with Gasteiger partial charge in [-0.15, -0.1) is 0 Å². The number of nitrogens with zero attached hydrogens (tertiary/aromatic N) is 1. The van der Waals surface area contributed by atoms with Gasteiger partial charge in [0.25, 0.3) is 0 Å². The molecule has 0 radical (unpaired) electrons. The van der Waals surface area contributed by atoms with Crippen molar-refractivity contribution in [2.24, 2.45) is 0 Å². The molecule has 3 nitrogen and oxygen atoms in total. The maximum absolute atomic E-state index is 14.3. The van der Waals surface area contributed by atoms with E-state index in [1.54, 1.807) is 36.5 Å². The number of nitrogens with one attached hydrogen (secondary N) is 1. The summed E-state index contributed by atoms with van der Waals surface area (Å²) in [6.07, 6.45) is 3.29. The molecular formula is C17H11FN2O. The highest BCUT2D eigenvalue weighted by molar-refractivity contribution is 5.91. The first-order valence-corrected chi connectivity index (χ1v) is 6.33. The highest BCUT2D eigenvalue weighted by Gasteiger charge is 2.14. The van der Waals surface area contributed by atoms with Crippen molar-refractivity contribution in [2.75, 3.05) is 0 Å². The highest BCUT2D eigenvalue weighted by atomic mass is 19.1. The summed E-state index contributed by atoms with van der Waals surface area (Å²) in [6, 6.07) is 11.8. The van der Waals surface area contributed by atoms with Gasteiger partial charge in [0.15, 0.2) is 11.6 Å². The lowest BCUT2D eigenvalue weighted by atomic mass is 10.1. The lowest BCUT2D eigenvalue weighted by Crippen LogP contribution is -1.93. The summed E-state index contributed by atoms with van der Waals surface area (Å²) >= 11 is 0. The average Bonchev–Trinajstić information content (AvgIpc) is 2.96. The zero-order valence-corrected chi connectivity index (χ0v) is 11.1. The summed E-state index contributed by atoms with van der Waals surface area (Å²) < 4.78 is 19.9. The maximum Gasteiger partial charge on any atom is 0.170 e. The van der Waals surface area contributed by atoms with E-state index in [2.05, 4.69) is 11.6 Å². The standard InChI is InChI=1S/C17H11FN2O/c1-2-13-14-6-7-20-16(14)9-15(18)17(13)21-12-5-3-4-11(8-12)10-19/h2-9,20H,1H2. The third-order valence-corrected chi connectivity index (χ3v) is 3.19. The predicted octanol–water partition coefficient (Wildman–Crippen LogP) is 4.61. The highest BCUT2D eigenvalue weighted by Crippen LogP contribution is 2.35. The van der Waals surface area contributed by atoms with Crippen molar-refractivity contribution >= 4 is 17.0 Å². The minimum absolute atomic E-state index is 0.104. The van der Waals surface area contributed by atoms with E-state index in [1.165, 1.54) is 6.07 Å². The molecule has 0 aliphatic carbocycles. The van der Waals surface area contributed by atoms with Gasteiger partial charge in [0.05, 0.1) is 11.6 Å². The van der Waals surface area contributed by atoms with Crippen molar-refractivity contribution in [3.8, 4) is 17.6 Å². The summed E-state index contributed by atoms with van der Waals surface area (Å²) in [5, 5.41) is 9.73. The molecule has 1 aromatic heterocycles. The molecule has 0 spiro atoms. The Hall–Kier alpha value is -3.06. The van der Waals surface area contributed by atoms with Gasteiger partial charge in [0.1, 0.15) is 5.75 Å². The van der Waals surface area contributed by atoms with Gasteiger partial charge in [-0.2, -0.15) is 5.26 Å². The average molecular weight is 278 g/mol. The van der Waals surface area contributed by atoms with Gasteiger partial charge >= 0.3 is 0 Å². The van der Waals surface area contributed by atoms with Crippen LogP contribution in [0.2, 0.25) is 0 Å². The zero-order valence-electron chi connectivity index (χ0n) is 11.1. The first-order valence-electron chi connectivity index (χ1n) is 6.33. The summed E-state index contributed by atoms with van der Waals surface area (Å²) in [6.45, 7) is 3.72. The summed E-state index contributed by atoms with van der Waals surface area (Å²) in [5.41, 5.74) is 1.71. The lowest BCUT2D eigenvalue weighted by Gasteiger charge is -2.11. The van der Waals surface area contributed by atoms with Crippen LogP contribution < -0.4 is 4.74 Å². The van der Waals surface area contributed by atoms with E-state index in [1.807, 2.05) is 12.1 Å². The third-order valence-electron chi connectivity index (χ3n) is 3.19. The molecule has 3 aromatic rings. The Kier molecular flexibility index (Phi) is 3.17. The van der Waals surface area contributed by atoms with Crippen molar-refractivity contribution in [2.45, 2.75) is 0 Å². The van der Waals surface area contributed by atoms with Crippen molar-refractivity contribution in [1.82, 2.24) is 4.98 Å². The number of aromatic amines is 1. The van der Waals surface area contributed by atoms with Gasteiger partial charge in [-0.05, 0) is 24.3 Å². The second-order valence-corrected chi connectivity index (χ2v) is 4.49. The molecule has 0 aliphatic rings. The Morgan fingerprint density at radius 2 is 2.14 bits per heavy atom. The van der Waals surface area contributed by atoms with E-state index >= 15 is 0 Å². The SMILES string of the molecule is C=Cc1c(Oc2cccc(C#N)c2)c(F)cc2[nH]ccc12. The van der Waals surface area contributed by atoms with Crippen LogP contribution in [-0.4, -0.2) is 4.98 Å². The van der Waals surface area contributed by atoms with Gasteiger partial charge in [0.2, 0.25) is 0 Å². The van der Waals surface area contributed by atoms with E-state index in [4.69, 9.17) is 10.00 Å². The molecule has 0 atom stereocenters. The zero-order chi connectivity index (χ0) is 14.8. The quantitative estimate of drug-likeness (QED) is 0.760. The maximum atomic E-state index is 14.3. The second-order valence-electron chi connectivity index (χ2n) is 4.49. The Morgan fingerprint density at radius 1 is 1.29 bits per heavy atom. The topological polar surface area (TPSA) is 48.8 Å². The van der Waals surface area contributed by atoms with Crippen LogP contribution in [0.3, 0.4) is 0 Å². The molecule has 0 fully saturated rings. The van der Waals surface area contributed by atoms with E-state index in [9.17, 15) is 4.39 Å². The summed E-state index contributed by atoms with van der Waals surface area (Å²) in [4.78, 5) is 2.96. The van der Waals surface area contributed by atoms with Crippen molar-refractivity contribution in [1.29, 1.82) is 5.26 Å². The normalized spacial score (nSPS) is 10.3. The molecule has 0 saturated heterocycles. The van der Waals surface area contributed by atoms with E-state index in [0.717, 1.165) is 5.39 Å². The van der Waals surface area contributed by atoms with E-state index < -0.39 is 5.82 Å². The molecule has 102 valence electrons. The van der Waals surface area contributed by atoms with Crippen LogP contribution in [0, 0.1) is 17.1 Å². The smallest absolute Gasteiger partial charge is 0.170 e. The fourth-order valence-electron chi connectivity index (χ4n) is 2.23. The number of H-pyrrole nitrogens is 1. The van der Waals surface area contributed by atoms with Crippen LogP contribution in [-0.2, 0) is 0 Å². The largest absolute Gasteiger partial charge is 0.454 e. The van der Waals surface area contributed by atoms with Crippen LogP contribution in [0.5, 0.6) is 11.5 Å². The Balaban J connectivity index is 2.13. The second kappa shape index (κ2) is 5.14. The summed E-state index contributed by atoms with van der Waals surface area (Å²) in [7, 11) is 0. The number of hydrogen-bond acceptors (Lipinski definition) is 2. The lowest BCUT2D eigenvalue weighted by molar-refractivity contribution is 0.442. The number of rotatable bonds is 3. The third kappa shape index (κ3) is 2.26. The molecule has 0 bridgehead atoms. The van der Waals surface area contributed by atoms with Crippen molar-refractivity contribution < 1.29 is 9.13 Å². The van der Waals surface area contributed by atoms with Crippen LogP contribution in [0.15, 0.2) is 49.2 Å². The number of halogens is 1. The molecule has 0 saturated carbocycles. The number of aromatic nitrogens is 1. The van der Waals surface area contributed by atoms with Crippen molar-refractivity contribution in [3.05, 3.63) is 66.1 Å². The molecule has 4 heteroatoms. The monoisotopic (exact) mass is 278 g/mol. The molecule has 0 amide bonds. The Bertz CT molecular complexity index is 874. The molecule has 0 aliphatic heterocycles. The van der Waals surface area contributed by atoms with Crippen LogP contribution in [0.1, 0.15) is 11.1 Å². The van der Waals surface area contributed by atoms with Gasteiger partial charge in [0, 0.05) is 28.7 Å². The van der Waals surface area contributed by atoms with Crippen LogP contribution in [0.25, 0.3) is 17.0 Å². The van der Waals surface area contributed by atoms with Gasteiger partial charge < -0.3 is 9.72 Å². The molecule has 1 N–H and O–H groups in total. The summed E-state index contributed by atoms with van der Waals surface area (Å²) in [5.74, 6) is 0.0281. The minimum atomic E-state index is -0.484. The first-order chi connectivity index (χ1) is 10.2. The Morgan fingerprint density at radius 3 is 2.90 bits per heavy atom. The molecule has 21 heavy (non-hydrogen) atoms. The minimum Gasteiger partial charge on any atom is -0.454 e. The van der Waals surface area contributed by atoms with E-state index in [-0.39, 0.29) is 5.75 Å². The fraction of sp³-hybridized carbons (Fsp3) is 0. The first kappa shape index (κ1) is 12.9. The molecule has 2 aromatic carbocycles. The number of benzene rings is 2. The molecule has 3 rings (SSSR count).